The first kappa shape index (κ1) is 15.4. The topological polar surface area (TPSA) is 27.1 Å². The molecule has 0 radical (unpaired) electrons. The number of hydrogen-bond acceptors (Lipinski definition) is 3. The predicted octanol–water partition coefficient (Wildman–Crippen LogP) is 4.53. The Morgan fingerprint density at radius 3 is 2.70 bits per heavy atom. The molecular weight excluding hydrogens is 336 g/mol. The maximum Gasteiger partial charge on any atom is 0.132 e. The van der Waals surface area contributed by atoms with Crippen molar-refractivity contribution in [1.29, 1.82) is 0 Å². The summed E-state index contributed by atoms with van der Waals surface area (Å²) in [5, 5.41) is 4.63. The minimum atomic E-state index is 0.877. The van der Waals surface area contributed by atoms with Crippen molar-refractivity contribution in [1.82, 2.24) is 9.78 Å². The van der Waals surface area contributed by atoms with Crippen molar-refractivity contribution in [3.63, 3.8) is 0 Å². The van der Waals surface area contributed by atoms with E-state index in [4.69, 9.17) is 4.74 Å². The molecule has 5 heteroatoms. The Labute approximate surface area is 132 Å². The van der Waals surface area contributed by atoms with Crippen molar-refractivity contribution in [2.45, 2.75) is 37.5 Å². The number of aryl methyl sites for hydroxylation is 2. The van der Waals surface area contributed by atoms with Crippen LogP contribution in [0.1, 0.15) is 25.2 Å². The number of rotatable bonds is 6. The number of benzene rings is 1. The second-order valence-corrected chi connectivity index (χ2v) is 6.13. The highest BCUT2D eigenvalue weighted by molar-refractivity contribution is 9.10. The lowest BCUT2D eigenvalue weighted by molar-refractivity contribution is 0.405. The zero-order valence-corrected chi connectivity index (χ0v) is 14.4. The monoisotopic (exact) mass is 354 g/mol. The first-order valence-corrected chi connectivity index (χ1v) is 8.48. The number of para-hydroxylation sites is 1. The molecule has 0 aliphatic heterocycles. The van der Waals surface area contributed by atoms with Crippen LogP contribution in [0.2, 0.25) is 0 Å². The lowest BCUT2D eigenvalue weighted by Gasteiger charge is -2.09. The highest BCUT2D eigenvalue weighted by atomic mass is 79.9. The van der Waals surface area contributed by atoms with Gasteiger partial charge in [0.2, 0.25) is 0 Å². The van der Waals surface area contributed by atoms with E-state index in [1.54, 1.807) is 18.9 Å². The molecule has 0 spiro atoms. The third kappa shape index (κ3) is 3.20. The van der Waals surface area contributed by atoms with Gasteiger partial charge in [0, 0.05) is 17.2 Å². The molecule has 2 aromatic rings. The van der Waals surface area contributed by atoms with Crippen molar-refractivity contribution in [3.8, 4) is 5.75 Å². The van der Waals surface area contributed by atoms with Crippen LogP contribution in [0.3, 0.4) is 0 Å². The van der Waals surface area contributed by atoms with Gasteiger partial charge in [-0.25, -0.2) is 0 Å². The van der Waals surface area contributed by atoms with Gasteiger partial charge in [-0.1, -0.05) is 19.1 Å². The first-order chi connectivity index (χ1) is 9.71. The summed E-state index contributed by atoms with van der Waals surface area (Å²) in [4.78, 5) is 1.16. The molecule has 1 aromatic carbocycles. The Bertz CT molecular complexity index is 583. The molecule has 1 heterocycles. The second-order valence-electron chi connectivity index (χ2n) is 4.32. The minimum Gasteiger partial charge on any atom is -0.496 e. The van der Waals surface area contributed by atoms with Gasteiger partial charge in [0.1, 0.15) is 5.75 Å². The Morgan fingerprint density at radius 1 is 1.30 bits per heavy atom. The summed E-state index contributed by atoms with van der Waals surface area (Å²) >= 11 is 5.46. The van der Waals surface area contributed by atoms with Gasteiger partial charge in [0.15, 0.2) is 0 Å². The fourth-order valence-corrected chi connectivity index (χ4v) is 3.98. The van der Waals surface area contributed by atoms with E-state index in [1.807, 2.05) is 18.2 Å². The number of methoxy groups -OCH3 is 1. The summed E-state index contributed by atoms with van der Waals surface area (Å²) in [6.45, 7) is 5.14. The fourth-order valence-electron chi connectivity index (χ4n) is 2.04. The maximum atomic E-state index is 5.39. The van der Waals surface area contributed by atoms with Crippen molar-refractivity contribution in [2.75, 3.05) is 7.11 Å². The van der Waals surface area contributed by atoms with E-state index in [1.165, 1.54) is 5.69 Å². The summed E-state index contributed by atoms with van der Waals surface area (Å²) in [5.74, 6) is 1.80. The summed E-state index contributed by atoms with van der Waals surface area (Å²) in [6.07, 6.45) is 0.944. The number of ether oxygens (including phenoxy) is 1. The number of hydrogen-bond donors (Lipinski definition) is 0. The largest absolute Gasteiger partial charge is 0.496 e. The molecule has 3 nitrogen and oxygen atoms in total. The summed E-state index contributed by atoms with van der Waals surface area (Å²) in [5.41, 5.74) is 2.36. The van der Waals surface area contributed by atoms with E-state index in [0.717, 1.165) is 39.5 Å². The molecule has 0 amide bonds. The van der Waals surface area contributed by atoms with Crippen LogP contribution < -0.4 is 4.74 Å². The van der Waals surface area contributed by atoms with Gasteiger partial charge in [-0.2, -0.15) is 5.10 Å². The summed E-state index contributed by atoms with van der Waals surface area (Å²) in [6, 6.07) is 8.11. The fraction of sp³-hybridized carbons (Fsp3) is 0.400. The average molecular weight is 355 g/mol. The standard InChI is InChI=1S/C15H19BrN2OS/c1-4-11-15(16)12(18(5-2)17-11)10-20-14-9-7-6-8-13(14)19-3/h6-9H,4-5,10H2,1-3H3. The third-order valence-electron chi connectivity index (χ3n) is 3.13. The van der Waals surface area contributed by atoms with Crippen molar-refractivity contribution in [3.05, 3.63) is 40.1 Å². The Morgan fingerprint density at radius 2 is 2.05 bits per heavy atom. The molecule has 0 N–H and O–H groups in total. The molecule has 20 heavy (non-hydrogen) atoms. The van der Waals surface area contributed by atoms with E-state index in [9.17, 15) is 0 Å². The van der Waals surface area contributed by atoms with Gasteiger partial charge in [0.25, 0.3) is 0 Å². The zero-order chi connectivity index (χ0) is 14.5. The molecule has 0 fully saturated rings. The van der Waals surface area contributed by atoms with Gasteiger partial charge in [-0.05, 0) is 41.4 Å². The van der Waals surface area contributed by atoms with Crippen molar-refractivity contribution in [2.24, 2.45) is 0 Å². The van der Waals surface area contributed by atoms with Gasteiger partial charge < -0.3 is 4.74 Å². The molecule has 1 aromatic heterocycles. The van der Waals surface area contributed by atoms with Crippen LogP contribution in [-0.2, 0) is 18.7 Å². The van der Waals surface area contributed by atoms with Crippen molar-refractivity contribution >= 4 is 27.7 Å². The van der Waals surface area contributed by atoms with Crippen LogP contribution in [0.5, 0.6) is 5.75 Å². The van der Waals surface area contributed by atoms with E-state index >= 15 is 0 Å². The quantitative estimate of drug-likeness (QED) is 0.713. The number of thioether (sulfide) groups is 1. The highest BCUT2D eigenvalue weighted by Gasteiger charge is 2.14. The van der Waals surface area contributed by atoms with E-state index in [-0.39, 0.29) is 0 Å². The third-order valence-corrected chi connectivity index (χ3v) is 5.11. The normalized spacial score (nSPS) is 10.8. The zero-order valence-electron chi connectivity index (χ0n) is 12.0. The molecule has 0 atom stereocenters. The summed E-state index contributed by atoms with van der Waals surface area (Å²) in [7, 11) is 1.71. The number of halogens is 1. The second kappa shape index (κ2) is 7.18. The van der Waals surface area contributed by atoms with Gasteiger partial charge >= 0.3 is 0 Å². The van der Waals surface area contributed by atoms with Crippen LogP contribution in [0.15, 0.2) is 33.6 Å². The molecule has 108 valence electrons. The lowest BCUT2D eigenvalue weighted by Crippen LogP contribution is -2.02. The lowest BCUT2D eigenvalue weighted by atomic mass is 10.3. The van der Waals surface area contributed by atoms with Gasteiger partial charge in [0.05, 0.1) is 23.0 Å². The van der Waals surface area contributed by atoms with E-state index in [2.05, 4.69) is 45.6 Å². The van der Waals surface area contributed by atoms with E-state index in [0.29, 0.717) is 0 Å². The van der Waals surface area contributed by atoms with Gasteiger partial charge in [-0.3, -0.25) is 4.68 Å². The molecule has 0 aliphatic rings. The van der Waals surface area contributed by atoms with Crippen LogP contribution >= 0.6 is 27.7 Å². The average Bonchev–Trinajstić information content (AvgIpc) is 2.81. The first-order valence-electron chi connectivity index (χ1n) is 6.71. The van der Waals surface area contributed by atoms with Crippen LogP contribution in [-0.4, -0.2) is 16.9 Å². The predicted molar refractivity (Wildman–Crippen MR) is 87.5 cm³/mol. The minimum absolute atomic E-state index is 0.877. The number of nitrogens with zero attached hydrogens (tertiary/aromatic N) is 2. The Balaban J connectivity index is 2.20. The Hall–Kier alpha value is -0.940. The van der Waals surface area contributed by atoms with Crippen LogP contribution in [0, 0.1) is 0 Å². The molecule has 0 unspecified atom stereocenters. The highest BCUT2D eigenvalue weighted by Crippen LogP contribution is 2.34. The summed E-state index contributed by atoms with van der Waals surface area (Å²) < 4.78 is 8.61. The van der Waals surface area contributed by atoms with E-state index < -0.39 is 0 Å². The SMILES string of the molecule is CCc1nn(CC)c(CSc2ccccc2OC)c1Br. The smallest absolute Gasteiger partial charge is 0.132 e. The van der Waals surface area contributed by atoms with Crippen LogP contribution in [0.25, 0.3) is 0 Å². The molecule has 0 aliphatic carbocycles. The molecule has 2 rings (SSSR count). The molecule has 0 saturated heterocycles. The number of aromatic nitrogens is 2. The molecule has 0 bridgehead atoms. The molecule has 0 saturated carbocycles. The maximum absolute atomic E-state index is 5.39. The van der Waals surface area contributed by atoms with Crippen LogP contribution in [0.4, 0.5) is 0 Å². The van der Waals surface area contributed by atoms with Crippen molar-refractivity contribution < 1.29 is 4.74 Å². The Kier molecular flexibility index (Phi) is 5.54. The van der Waals surface area contributed by atoms with Gasteiger partial charge in [-0.15, -0.1) is 11.8 Å². The molecular formula is C15H19BrN2OS.